The van der Waals surface area contributed by atoms with E-state index in [0.29, 0.717) is 0 Å². The molecule has 0 amide bonds. The van der Waals surface area contributed by atoms with Gasteiger partial charge >= 0.3 is 0 Å². The van der Waals surface area contributed by atoms with E-state index in [9.17, 15) is 0 Å². The Morgan fingerprint density at radius 3 is 1.72 bits per heavy atom. The largest absolute Gasteiger partial charge is 0.457 e. The molecule has 7 aromatic carbocycles. The first kappa shape index (κ1) is 39.3. The fourth-order valence-corrected chi connectivity index (χ4v) is 29.2. The molecular weight excluding hydrogens is 851 g/mol. The third-order valence-electron chi connectivity index (χ3n) is 14.2. The number of hydrogen-bond acceptors (Lipinski definition) is 6. The number of rotatable bonds is 9. The molecule has 12 rings (SSSR count). The van der Waals surface area contributed by atoms with E-state index in [1.807, 2.05) is 0 Å². The number of aromatic nitrogens is 5. The molecule has 0 unspecified atom stereocenters. The second kappa shape index (κ2) is 14.6. The molecule has 11 heteroatoms. The minimum Gasteiger partial charge on any atom is -0.457 e. The maximum absolute atomic E-state index is 7.57. The van der Waals surface area contributed by atoms with E-state index in [-0.39, 0.29) is 0 Å². The van der Waals surface area contributed by atoms with E-state index < -0.39 is 28.9 Å². The zero-order valence-electron chi connectivity index (χ0n) is 36.5. The molecule has 0 spiro atoms. The molecular formula is C54H45N5O3Si3. The van der Waals surface area contributed by atoms with Crippen molar-refractivity contribution in [3.05, 3.63) is 212 Å². The molecule has 0 radical (unpaired) electrons. The number of fused-ring (bicyclic) bond motifs is 7. The SMILES string of the molecule is C[Si](C)(c1ncco1)C1([Si](C)(C)c2ncco2)c2ccccc2Oc2c1cccc2[Si](c1ccccc1)(c1ccccc1)c1cccc(-n2c3ccccc3n3c4ccccc4nc23)c1. The molecule has 1 aliphatic heterocycles. The summed E-state index contributed by atoms with van der Waals surface area (Å²) in [5.74, 6) is 2.58. The van der Waals surface area contributed by atoms with Crippen LogP contribution in [0.25, 0.3) is 33.5 Å². The third-order valence-corrected chi connectivity index (χ3v) is 30.2. The van der Waals surface area contributed by atoms with Crippen LogP contribution >= 0.6 is 0 Å². The van der Waals surface area contributed by atoms with E-state index >= 15 is 0 Å². The summed E-state index contributed by atoms with van der Waals surface area (Å²) in [4.78, 5) is 15.2. The van der Waals surface area contributed by atoms with Crippen molar-refractivity contribution in [2.75, 3.05) is 0 Å². The van der Waals surface area contributed by atoms with E-state index in [2.05, 4.69) is 211 Å². The van der Waals surface area contributed by atoms with Gasteiger partial charge in [0.1, 0.15) is 24.0 Å². The number of nitrogens with zero attached hydrogens (tertiary/aromatic N) is 5. The topological polar surface area (TPSA) is 83.5 Å². The van der Waals surface area contributed by atoms with Crippen molar-refractivity contribution in [3.63, 3.8) is 0 Å². The van der Waals surface area contributed by atoms with Gasteiger partial charge < -0.3 is 13.6 Å². The number of para-hydroxylation sites is 6. The molecule has 1 aliphatic rings. The third kappa shape index (κ3) is 5.37. The number of imidazole rings is 2. The number of ether oxygens (including phenoxy) is 1. The average Bonchev–Trinajstić information content (AvgIpc) is 4.19. The van der Waals surface area contributed by atoms with Crippen LogP contribution in [0.3, 0.4) is 0 Å². The quantitative estimate of drug-likeness (QED) is 0.107. The van der Waals surface area contributed by atoms with Crippen LogP contribution in [-0.2, 0) is 4.66 Å². The van der Waals surface area contributed by atoms with Gasteiger partial charge in [-0.3, -0.25) is 8.97 Å². The van der Waals surface area contributed by atoms with Crippen LogP contribution in [-0.4, -0.2) is 48.1 Å². The van der Waals surface area contributed by atoms with Gasteiger partial charge in [0.25, 0.3) is 0 Å². The highest BCUT2D eigenvalue weighted by molar-refractivity contribution is 7.20. The standard InChI is InChI=1S/C54H45N5O3Si3/c1-63(2,52-55-33-35-60-52)54(64(3,4)53-56-34-36-61-53)42-25-11-16-31-48(42)62-50-43(54)26-18-32-49(50)65(39-20-7-5-8-21-39,40-22-9-6-10-23-40)41-24-17-19-38(37-41)58-46-29-14-15-30-47(46)59-45-28-13-12-27-44(45)57-51(58)59/h5-37H,1-4H3. The lowest BCUT2D eigenvalue weighted by Crippen LogP contribution is -2.77. The summed E-state index contributed by atoms with van der Waals surface area (Å²) in [6.45, 7) is 9.61. The molecule has 8 nitrogen and oxygen atoms in total. The molecule has 0 saturated carbocycles. The number of oxazole rings is 2. The molecule has 5 heterocycles. The predicted octanol–water partition coefficient (Wildman–Crippen LogP) is 8.49. The fraction of sp³-hybridized carbons (Fsp3) is 0.0926. The molecule has 0 saturated heterocycles. The molecule has 0 atom stereocenters. The molecule has 11 aromatic rings. The summed E-state index contributed by atoms with van der Waals surface area (Å²) >= 11 is 0. The minimum absolute atomic E-state index is 0.635. The second-order valence-electron chi connectivity index (χ2n) is 18.0. The van der Waals surface area contributed by atoms with Crippen molar-refractivity contribution in [1.29, 1.82) is 0 Å². The first-order chi connectivity index (χ1) is 31.8. The van der Waals surface area contributed by atoms with Crippen LogP contribution in [0.4, 0.5) is 0 Å². The molecule has 4 aromatic heterocycles. The predicted molar refractivity (Wildman–Crippen MR) is 268 cm³/mol. The Bertz CT molecular complexity index is 3460. The van der Waals surface area contributed by atoms with E-state index in [1.165, 1.54) is 15.6 Å². The number of benzene rings is 7. The van der Waals surface area contributed by atoms with Crippen molar-refractivity contribution in [2.24, 2.45) is 0 Å². The van der Waals surface area contributed by atoms with Crippen molar-refractivity contribution in [2.45, 2.75) is 30.8 Å². The molecule has 0 bridgehead atoms. The Hall–Kier alpha value is -7.32. The molecule has 65 heavy (non-hydrogen) atoms. The molecule has 0 N–H and O–H groups in total. The highest BCUT2D eigenvalue weighted by Gasteiger charge is 2.68. The monoisotopic (exact) mass is 895 g/mol. The van der Waals surface area contributed by atoms with Crippen molar-refractivity contribution in [1.82, 2.24) is 23.9 Å². The van der Waals surface area contributed by atoms with E-state index in [0.717, 1.165) is 72.4 Å². The van der Waals surface area contributed by atoms with Crippen molar-refractivity contribution >= 4 is 83.8 Å². The summed E-state index contributed by atoms with van der Waals surface area (Å²) in [6, 6.07) is 63.9. The summed E-state index contributed by atoms with van der Waals surface area (Å²) in [6.07, 6.45) is 6.99. The molecule has 316 valence electrons. The van der Waals surface area contributed by atoms with Crippen LogP contribution < -0.4 is 36.5 Å². The van der Waals surface area contributed by atoms with Crippen LogP contribution in [0.15, 0.2) is 210 Å². The lowest BCUT2D eigenvalue weighted by Gasteiger charge is -2.54. The summed E-state index contributed by atoms with van der Waals surface area (Å²) < 4.78 is 24.4. The van der Waals surface area contributed by atoms with Gasteiger partial charge in [-0.05, 0) is 63.2 Å². The van der Waals surface area contributed by atoms with E-state index in [1.54, 1.807) is 24.9 Å². The Balaban J connectivity index is 1.22. The van der Waals surface area contributed by atoms with Gasteiger partial charge in [-0.1, -0.05) is 160 Å². The van der Waals surface area contributed by atoms with Gasteiger partial charge in [-0.25, -0.2) is 15.0 Å². The Morgan fingerprint density at radius 2 is 1.06 bits per heavy atom. The maximum Gasteiger partial charge on any atom is 0.220 e. The Kier molecular flexibility index (Phi) is 8.83. The average molecular weight is 896 g/mol. The van der Waals surface area contributed by atoms with Gasteiger partial charge in [0.2, 0.25) is 5.78 Å². The fourth-order valence-electron chi connectivity index (χ4n) is 11.7. The molecule has 0 aliphatic carbocycles. The molecule has 0 fully saturated rings. The van der Waals surface area contributed by atoms with Gasteiger partial charge in [0.05, 0.1) is 34.5 Å². The lowest BCUT2D eigenvalue weighted by molar-refractivity contribution is 0.451. The van der Waals surface area contributed by atoms with Gasteiger partial charge in [-0.15, -0.1) is 0 Å². The van der Waals surface area contributed by atoms with Crippen LogP contribution in [0.5, 0.6) is 11.5 Å². The highest BCUT2D eigenvalue weighted by Crippen LogP contribution is 2.56. The van der Waals surface area contributed by atoms with Crippen LogP contribution in [0.2, 0.25) is 26.2 Å². The highest BCUT2D eigenvalue weighted by atomic mass is 28.4. The summed E-state index contributed by atoms with van der Waals surface area (Å²) in [5, 5.41) is 4.86. The van der Waals surface area contributed by atoms with Gasteiger partial charge in [0.15, 0.2) is 35.2 Å². The second-order valence-corrected chi connectivity index (χ2v) is 31.2. The number of hydrogen-bond donors (Lipinski definition) is 0. The lowest BCUT2D eigenvalue weighted by atomic mass is 9.98. The Labute approximate surface area is 379 Å². The van der Waals surface area contributed by atoms with E-state index in [4.69, 9.17) is 28.5 Å². The summed E-state index contributed by atoms with van der Waals surface area (Å²) in [5.41, 5.74) is 9.06. The van der Waals surface area contributed by atoms with Crippen molar-refractivity contribution < 1.29 is 13.6 Å². The minimum atomic E-state index is -3.34. The smallest absolute Gasteiger partial charge is 0.220 e. The zero-order valence-corrected chi connectivity index (χ0v) is 39.5. The van der Waals surface area contributed by atoms with Crippen LogP contribution in [0.1, 0.15) is 11.1 Å². The Morgan fingerprint density at radius 1 is 0.508 bits per heavy atom. The van der Waals surface area contributed by atoms with Crippen molar-refractivity contribution in [3.8, 4) is 17.2 Å². The van der Waals surface area contributed by atoms with Crippen LogP contribution in [0, 0.1) is 0 Å². The summed E-state index contributed by atoms with van der Waals surface area (Å²) in [7, 11) is -9.13. The first-order valence-corrected chi connectivity index (χ1v) is 30.1. The zero-order chi connectivity index (χ0) is 44.0. The normalized spacial score (nSPS) is 13.8. The maximum atomic E-state index is 7.57. The van der Waals surface area contributed by atoms with Gasteiger partial charge in [-0.2, -0.15) is 0 Å². The van der Waals surface area contributed by atoms with Gasteiger partial charge in [0, 0.05) is 21.5 Å². The first-order valence-electron chi connectivity index (χ1n) is 22.1.